The third-order valence-corrected chi connectivity index (χ3v) is 12.5. The third-order valence-electron chi connectivity index (χ3n) is 12.5. The van der Waals surface area contributed by atoms with Gasteiger partial charge in [0, 0.05) is 38.3 Å². The van der Waals surface area contributed by atoms with E-state index in [1.54, 1.807) is 0 Å². The van der Waals surface area contributed by atoms with Crippen molar-refractivity contribution < 1.29 is 0 Å². The van der Waals surface area contributed by atoms with Crippen LogP contribution in [0.4, 0.5) is 17.1 Å². The number of benzene rings is 8. The second-order valence-corrected chi connectivity index (χ2v) is 15.7. The van der Waals surface area contributed by atoms with Crippen molar-refractivity contribution in [2.75, 3.05) is 4.90 Å². The van der Waals surface area contributed by atoms with Crippen molar-refractivity contribution in [3.63, 3.8) is 0 Å². The van der Waals surface area contributed by atoms with Gasteiger partial charge in [-0.05, 0) is 98.5 Å². The fourth-order valence-electron chi connectivity index (χ4n) is 10.2. The minimum Gasteiger partial charge on any atom is -0.308 e. The molecule has 0 saturated carbocycles. The predicted molar refractivity (Wildman–Crippen MR) is 238 cm³/mol. The van der Waals surface area contributed by atoms with Crippen LogP contribution in [0.15, 0.2) is 170 Å². The zero-order valence-electron chi connectivity index (χ0n) is 32.3. The minimum absolute atomic E-state index is 0.0849. The van der Waals surface area contributed by atoms with Gasteiger partial charge in [0.2, 0.25) is 0 Å². The Morgan fingerprint density at radius 3 is 1.89 bits per heavy atom. The number of fused-ring (bicyclic) bond motifs is 12. The van der Waals surface area contributed by atoms with Crippen LogP contribution in [0.1, 0.15) is 49.9 Å². The van der Waals surface area contributed by atoms with Gasteiger partial charge in [-0.1, -0.05) is 161 Å². The molecule has 2 heterocycles. The number of hydrogen-bond acceptors (Lipinski definition) is 1. The molecule has 0 aliphatic heterocycles. The Morgan fingerprint density at radius 1 is 0.464 bits per heavy atom. The highest BCUT2D eigenvalue weighted by molar-refractivity contribution is 6.25. The fraction of sp³-hybridized carbons (Fsp3) is 0.111. The smallest absolute Gasteiger partial charge is 0.0782 e. The zero-order valence-corrected chi connectivity index (χ0v) is 32.3. The van der Waals surface area contributed by atoms with E-state index in [1.165, 1.54) is 99.4 Å². The lowest BCUT2D eigenvalue weighted by atomic mass is 9.79. The second kappa shape index (κ2) is 12.2. The SMILES string of the molecule is CC.CC1(C)c2ccccc2-c2cccc(-c3ccc(N(c4ccc5c(c4)-c4ccccc4C5)c4cccc5c6cccc7c8ccccc8n(c45)c76)cc3)c21. The molecule has 10 aromatic rings. The van der Waals surface area contributed by atoms with Gasteiger partial charge in [-0.3, -0.25) is 0 Å². The van der Waals surface area contributed by atoms with E-state index in [1.807, 2.05) is 13.8 Å². The molecule has 2 aliphatic rings. The number of aromatic nitrogens is 1. The maximum atomic E-state index is 2.52. The molecule has 56 heavy (non-hydrogen) atoms. The molecule has 0 amide bonds. The molecule has 268 valence electrons. The van der Waals surface area contributed by atoms with Crippen molar-refractivity contribution in [3.05, 3.63) is 192 Å². The molecule has 2 aromatic heterocycles. The Labute approximate surface area is 328 Å². The molecule has 0 atom stereocenters. The van der Waals surface area contributed by atoms with E-state index in [0.29, 0.717) is 0 Å². The highest BCUT2D eigenvalue weighted by atomic mass is 15.2. The molecule has 0 radical (unpaired) electrons. The molecule has 0 spiro atoms. The van der Waals surface area contributed by atoms with Crippen molar-refractivity contribution in [2.24, 2.45) is 0 Å². The van der Waals surface area contributed by atoms with Gasteiger partial charge in [0.1, 0.15) is 0 Å². The summed E-state index contributed by atoms with van der Waals surface area (Å²) in [6, 6.07) is 63.5. The Balaban J connectivity index is 0.00000179. The van der Waals surface area contributed by atoms with Crippen molar-refractivity contribution in [3.8, 4) is 33.4 Å². The maximum absolute atomic E-state index is 2.52. The molecule has 0 unspecified atom stereocenters. The van der Waals surface area contributed by atoms with Crippen LogP contribution in [0, 0.1) is 0 Å². The molecule has 2 aliphatic carbocycles. The first kappa shape index (κ1) is 32.8. The average Bonchev–Trinajstić information content (AvgIpc) is 3.97. The lowest BCUT2D eigenvalue weighted by molar-refractivity contribution is 0.662. The summed E-state index contributed by atoms with van der Waals surface area (Å²) >= 11 is 0. The first-order valence-electron chi connectivity index (χ1n) is 20.1. The lowest BCUT2D eigenvalue weighted by Crippen LogP contribution is -2.16. The van der Waals surface area contributed by atoms with Gasteiger partial charge in [-0.15, -0.1) is 0 Å². The number of nitrogens with zero attached hydrogens (tertiary/aromatic N) is 2. The normalized spacial score (nSPS) is 13.4. The molecule has 0 bridgehead atoms. The number of para-hydroxylation sites is 3. The Bertz CT molecular complexity index is 3160. The van der Waals surface area contributed by atoms with Gasteiger partial charge in [-0.25, -0.2) is 0 Å². The van der Waals surface area contributed by atoms with Crippen LogP contribution in [0.3, 0.4) is 0 Å². The topological polar surface area (TPSA) is 7.65 Å². The quantitative estimate of drug-likeness (QED) is 0.176. The van der Waals surface area contributed by atoms with Crippen molar-refractivity contribution in [2.45, 2.75) is 39.5 Å². The van der Waals surface area contributed by atoms with Crippen molar-refractivity contribution >= 4 is 55.2 Å². The monoisotopic (exact) mass is 718 g/mol. The molecular formula is C54H42N2. The number of anilines is 3. The second-order valence-electron chi connectivity index (χ2n) is 15.7. The predicted octanol–water partition coefficient (Wildman–Crippen LogP) is 14.9. The summed E-state index contributed by atoms with van der Waals surface area (Å²) in [4.78, 5) is 2.49. The van der Waals surface area contributed by atoms with E-state index in [9.17, 15) is 0 Å². The summed E-state index contributed by atoms with van der Waals surface area (Å²) in [7, 11) is 0. The molecule has 12 rings (SSSR count). The molecular weight excluding hydrogens is 677 g/mol. The highest BCUT2D eigenvalue weighted by Crippen LogP contribution is 2.53. The van der Waals surface area contributed by atoms with Crippen LogP contribution in [0.5, 0.6) is 0 Å². The number of hydrogen-bond donors (Lipinski definition) is 0. The molecule has 8 aromatic carbocycles. The maximum Gasteiger partial charge on any atom is 0.0782 e. The summed E-state index contributed by atoms with van der Waals surface area (Å²) in [5, 5.41) is 5.16. The van der Waals surface area contributed by atoms with E-state index in [2.05, 4.69) is 193 Å². The zero-order chi connectivity index (χ0) is 37.7. The highest BCUT2D eigenvalue weighted by Gasteiger charge is 2.37. The Hall–Kier alpha value is -6.64. The van der Waals surface area contributed by atoms with E-state index >= 15 is 0 Å². The molecule has 2 heteroatoms. The van der Waals surface area contributed by atoms with Crippen LogP contribution in [-0.2, 0) is 11.8 Å². The molecule has 2 nitrogen and oxygen atoms in total. The van der Waals surface area contributed by atoms with Crippen LogP contribution < -0.4 is 4.90 Å². The van der Waals surface area contributed by atoms with Gasteiger partial charge in [-0.2, -0.15) is 0 Å². The van der Waals surface area contributed by atoms with Gasteiger partial charge in [0.15, 0.2) is 0 Å². The largest absolute Gasteiger partial charge is 0.308 e. The average molecular weight is 719 g/mol. The summed E-state index contributed by atoms with van der Waals surface area (Å²) < 4.78 is 2.52. The minimum atomic E-state index is -0.0849. The van der Waals surface area contributed by atoms with Gasteiger partial charge in [0.25, 0.3) is 0 Å². The summed E-state index contributed by atoms with van der Waals surface area (Å²) in [6.07, 6.45) is 0.978. The summed E-state index contributed by atoms with van der Waals surface area (Å²) in [5.41, 5.74) is 20.7. The lowest BCUT2D eigenvalue weighted by Gasteiger charge is -2.28. The van der Waals surface area contributed by atoms with E-state index in [4.69, 9.17) is 0 Å². The first-order valence-corrected chi connectivity index (χ1v) is 20.1. The first-order chi connectivity index (χ1) is 27.6. The molecule has 0 saturated heterocycles. The van der Waals surface area contributed by atoms with Crippen LogP contribution in [-0.4, -0.2) is 4.40 Å². The van der Waals surface area contributed by atoms with Crippen LogP contribution >= 0.6 is 0 Å². The van der Waals surface area contributed by atoms with E-state index in [0.717, 1.165) is 17.8 Å². The fourth-order valence-corrected chi connectivity index (χ4v) is 10.2. The summed E-state index contributed by atoms with van der Waals surface area (Å²) in [6.45, 7) is 8.75. The Morgan fingerprint density at radius 2 is 1.05 bits per heavy atom. The van der Waals surface area contributed by atoms with Crippen molar-refractivity contribution in [1.82, 2.24) is 4.40 Å². The van der Waals surface area contributed by atoms with E-state index in [-0.39, 0.29) is 5.41 Å². The van der Waals surface area contributed by atoms with Gasteiger partial charge in [0.05, 0.1) is 22.2 Å². The summed E-state index contributed by atoms with van der Waals surface area (Å²) in [5.74, 6) is 0. The van der Waals surface area contributed by atoms with Gasteiger partial charge < -0.3 is 9.30 Å². The Kier molecular flexibility index (Phi) is 7.13. The molecule has 0 fully saturated rings. The number of rotatable bonds is 4. The van der Waals surface area contributed by atoms with Gasteiger partial charge >= 0.3 is 0 Å². The van der Waals surface area contributed by atoms with Crippen molar-refractivity contribution in [1.29, 1.82) is 0 Å². The standard InChI is InChI=1S/C52H36N2.C2H6/c1-52(2)46-21-7-5-14-39(46)41-17-9-16-38(49(41)52)32-24-27-35(28-25-32)53(36-29-26-34-30-33-12-3-4-13-37(33)45(34)31-36)48-23-11-20-44-43-19-10-18-42-40-15-6-8-22-47(40)54(50(42)43)51(44)48;1-2/h3-29,31H,30H2,1-2H3;1-2H3. The van der Waals surface area contributed by atoms with Crippen LogP contribution in [0.2, 0.25) is 0 Å². The van der Waals surface area contributed by atoms with Crippen LogP contribution in [0.25, 0.3) is 71.5 Å². The molecule has 0 N–H and O–H groups in total. The third kappa shape index (κ3) is 4.44. The van der Waals surface area contributed by atoms with E-state index < -0.39 is 0 Å².